The largest absolute Gasteiger partial charge is 0.497 e. The number of halogens is 1. The lowest BCUT2D eigenvalue weighted by Gasteiger charge is -2.37. The monoisotopic (exact) mass is 301 g/mol. The predicted octanol–water partition coefficient (Wildman–Crippen LogP) is 5.02. The van der Waals surface area contributed by atoms with E-state index in [1.165, 1.54) is 11.1 Å². The number of nitrogens with one attached hydrogen (secondary N) is 1. The van der Waals surface area contributed by atoms with Crippen LogP contribution >= 0.6 is 11.6 Å². The fourth-order valence-corrected chi connectivity index (χ4v) is 3.15. The second-order valence-electron chi connectivity index (χ2n) is 5.77. The van der Waals surface area contributed by atoms with Crippen molar-refractivity contribution in [1.29, 1.82) is 0 Å². The van der Waals surface area contributed by atoms with Crippen LogP contribution in [-0.2, 0) is 0 Å². The lowest BCUT2D eigenvalue weighted by atomic mass is 9.75. The second-order valence-corrected chi connectivity index (χ2v) is 6.18. The summed E-state index contributed by atoms with van der Waals surface area (Å²) in [4.78, 5) is 0. The first-order chi connectivity index (χ1) is 10.2. The standard InChI is InChI=1S/C18H20ClNO/c1-12-6-7-18(17(19)8-12)20-15-9-14(10-15)13-4-3-5-16(11-13)21-2/h3-8,11,14-15,20H,9-10H2,1-2H3. The summed E-state index contributed by atoms with van der Waals surface area (Å²) in [5.74, 6) is 1.55. The van der Waals surface area contributed by atoms with Gasteiger partial charge in [-0.3, -0.25) is 0 Å². The topological polar surface area (TPSA) is 21.3 Å². The summed E-state index contributed by atoms with van der Waals surface area (Å²) < 4.78 is 5.29. The lowest BCUT2D eigenvalue weighted by Crippen LogP contribution is -2.34. The Morgan fingerprint density at radius 2 is 1.95 bits per heavy atom. The number of benzene rings is 2. The Morgan fingerprint density at radius 3 is 2.67 bits per heavy atom. The first-order valence-corrected chi connectivity index (χ1v) is 7.70. The molecule has 0 amide bonds. The van der Waals surface area contributed by atoms with Crippen molar-refractivity contribution in [3.63, 3.8) is 0 Å². The Hall–Kier alpha value is -1.67. The molecule has 3 heteroatoms. The van der Waals surface area contributed by atoms with Gasteiger partial charge in [0.1, 0.15) is 5.75 Å². The Labute approximate surface area is 131 Å². The number of methoxy groups -OCH3 is 1. The molecular weight excluding hydrogens is 282 g/mol. The third-order valence-corrected chi connectivity index (χ3v) is 4.50. The van der Waals surface area contributed by atoms with Gasteiger partial charge in [0.25, 0.3) is 0 Å². The number of anilines is 1. The van der Waals surface area contributed by atoms with Crippen LogP contribution in [0.15, 0.2) is 42.5 Å². The average molecular weight is 302 g/mol. The maximum absolute atomic E-state index is 6.27. The zero-order valence-corrected chi connectivity index (χ0v) is 13.2. The molecule has 110 valence electrons. The molecule has 0 radical (unpaired) electrons. The van der Waals surface area contributed by atoms with Crippen LogP contribution in [0, 0.1) is 6.92 Å². The zero-order chi connectivity index (χ0) is 14.8. The molecule has 0 saturated heterocycles. The fourth-order valence-electron chi connectivity index (χ4n) is 2.86. The van der Waals surface area contributed by atoms with Crippen LogP contribution < -0.4 is 10.1 Å². The van der Waals surface area contributed by atoms with Gasteiger partial charge in [-0.2, -0.15) is 0 Å². The molecule has 1 saturated carbocycles. The highest BCUT2D eigenvalue weighted by Gasteiger charge is 2.30. The van der Waals surface area contributed by atoms with Crippen molar-refractivity contribution in [2.24, 2.45) is 0 Å². The summed E-state index contributed by atoms with van der Waals surface area (Å²) in [6.45, 7) is 2.05. The van der Waals surface area contributed by atoms with Gasteiger partial charge in [-0.05, 0) is 61.1 Å². The first kappa shape index (κ1) is 14.3. The summed E-state index contributed by atoms with van der Waals surface area (Å²) in [6.07, 6.45) is 2.27. The molecule has 2 aromatic carbocycles. The molecule has 3 rings (SSSR count). The molecule has 21 heavy (non-hydrogen) atoms. The molecule has 1 aliphatic carbocycles. The van der Waals surface area contributed by atoms with Crippen molar-refractivity contribution in [3.8, 4) is 5.75 Å². The summed E-state index contributed by atoms with van der Waals surface area (Å²) >= 11 is 6.27. The third-order valence-electron chi connectivity index (χ3n) is 4.19. The lowest BCUT2D eigenvalue weighted by molar-refractivity contribution is 0.370. The number of rotatable bonds is 4. The van der Waals surface area contributed by atoms with Crippen LogP contribution in [0.25, 0.3) is 0 Å². The number of aryl methyl sites for hydroxylation is 1. The van der Waals surface area contributed by atoms with Crippen LogP contribution in [0.5, 0.6) is 5.75 Å². The quantitative estimate of drug-likeness (QED) is 0.856. The van der Waals surface area contributed by atoms with Gasteiger partial charge in [0.2, 0.25) is 0 Å². The van der Waals surface area contributed by atoms with Crippen molar-refractivity contribution < 1.29 is 4.74 Å². The molecule has 2 aromatic rings. The van der Waals surface area contributed by atoms with E-state index in [1.54, 1.807) is 7.11 Å². The Bertz CT molecular complexity index is 635. The SMILES string of the molecule is COc1cccc(C2CC(Nc3ccc(C)cc3Cl)C2)c1. The smallest absolute Gasteiger partial charge is 0.119 e. The highest BCUT2D eigenvalue weighted by atomic mass is 35.5. The van der Waals surface area contributed by atoms with Crippen LogP contribution in [-0.4, -0.2) is 13.2 Å². The van der Waals surface area contributed by atoms with E-state index in [0.717, 1.165) is 29.3 Å². The summed E-state index contributed by atoms with van der Waals surface area (Å²) in [5, 5.41) is 4.34. The van der Waals surface area contributed by atoms with E-state index in [0.29, 0.717) is 12.0 Å². The summed E-state index contributed by atoms with van der Waals surface area (Å²) in [6, 6.07) is 15.0. The molecule has 0 heterocycles. The molecule has 0 aliphatic heterocycles. The van der Waals surface area contributed by atoms with Gasteiger partial charge in [0.05, 0.1) is 17.8 Å². The Balaban J connectivity index is 1.60. The van der Waals surface area contributed by atoms with Gasteiger partial charge >= 0.3 is 0 Å². The molecular formula is C18H20ClNO. The van der Waals surface area contributed by atoms with Crippen LogP contribution in [0.1, 0.15) is 29.9 Å². The first-order valence-electron chi connectivity index (χ1n) is 7.32. The molecule has 0 unspecified atom stereocenters. The van der Waals surface area contributed by atoms with Crippen LogP contribution in [0.2, 0.25) is 5.02 Å². The van der Waals surface area contributed by atoms with Crippen molar-refractivity contribution in [2.75, 3.05) is 12.4 Å². The zero-order valence-electron chi connectivity index (χ0n) is 12.4. The molecule has 1 N–H and O–H groups in total. The van der Waals surface area contributed by atoms with E-state index in [4.69, 9.17) is 16.3 Å². The Morgan fingerprint density at radius 1 is 1.14 bits per heavy atom. The van der Waals surface area contributed by atoms with Gasteiger partial charge in [0.15, 0.2) is 0 Å². The van der Waals surface area contributed by atoms with Gasteiger partial charge < -0.3 is 10.1 Å². The number of ether oxygens (including phenoxy) is 1. The summed E-state index contributed by atoms with van der Waals surface area (Å²) in [7, 11) is 1.71. The minimum absolute atomic E-state index is 0.501. The van der Waals surface area contributed by atoms with E-state index >= 15 is 0 Å². The normalized spacial score (nSPS) is 20.7. The predicted molar refractivity (Wildman–Crippen MR) is 88.6 cm³/mol. The van der Waals surface area contributed by atoms with Crippen molar-refractivity contribution in [3.05, 3.63) is 58.6 Å². The van der Waals surface area contributed by atoms with E-state index in [-0.39, 0.29) is 0 Å². The molecule has 2 nitrogen and oxygen atoms in total. The van der Waals surface area contributed by atoms with E-state index < -0.39 is 0 Å². The maximum Gasteiger partial charge on any atom is 0.119 e. The molecule has 0 bridgehead atoms. The van der Waals surface area contributed by atoms with Gasteiger partial charge in [0, 0.05) is 6.04 Å². The van der Waals surface area contributed by atoms with Gasteiger partial charge in [-0.15, -0.1) is 0 Å². The van der Waals surface area contributed by atoms with Gasteiger partial charge in [-0.25, -0.2) is 0 Å². The average Bonchev–Trinajstić information content (AvgIpc) is 2.44. The molecule has 0 aromatic heterocycles. The minimum Gasteiger partial charge on any atom is -0.497 e. The Kier molecular flexibility index (Phi) is 4.07. The molecule has 1 aliphatic rings. The molecule has 0 spiro atoms. The highest BCUT2D eigenvalue weighted by molar-refractivity contribution is 6.33. The third kappa shape index (κ3) is 3.16. The summed E-state index contributed by atoms with van der Waals surface area (Å²) in [5.41, 5.74) is 3.59. The molecule has 1 fully saturated rings. The van der Waals surface area contributed by atoms with Crippen molar-refractivity contribution >= 4 is 17.3 Å². The second kappa shape index (κ2) is 5.98. The number of hydrogen-bond donors (Lipinski definition) is 1. The van der Waals surface area contributed by atoms with E-state index in [2.05, 4.69) is 42.6 Å². The minimum atomic E-state index is 0.501. The van der Waals surface area contributed by atoms with Crippen molar-refractivity contribution in [1.82, 2.24) is 0 Å². The maximum atomic E-state index is 6.27. The van der Waals surface area contributed by atoms with Crippen molar-refractivity contribution in [2.45, 2.75) is 31.7 Å². The van der Waals surface area contributed by atoms with E-state index in [1.807, 2.05) is 12.1 Å². The van der Waals surface area contributed by atoms with E-state index in [9.17, 15) is 0 Å². The number of hydrogen-bond acceptors (Lipinski definition) is 2. The fraction of sp³-hybridized carbons (Fsp3) is 0.333. The van der Waals surface area contributed by atoms with Gasteiger partial charge in [-0.1, -0.05) is 29.8 Å². The van der Waals surface area contributed by atoms with Crippen LogP contribution in [0.4, 0.5) is 5.69 Å². The highest BCUT2D eigenvalue weighted by Crippen LogP contribution is 2.40. The van der Waals surface area contributed by atoms with Crippen LogP contribution in [0.3, 0.4) is 0 Å². The molecule has 0 atom stereocenters.